The normalized spacial score (nSPS) is 14.5. The van der Waals surface area contributed by atoms with E-state index in [0.29, 0.717) is 100 Å². The molecule has 3 saturated heterocycles. The largest absolute Gasteiger partial charge is 0.378 e. The lowest BCUT2D eigenvalue weighted by Crippen LogP contribution is -2.44. The Morgan fingerprint density at radius 1 is 0.585 bits per heavy atom. The van der Waals surface area contributed by atoms with E-state index >= 15 is 0 Å². The first-order chi connectivity index (χ1) is 46.0. The molecule has 3 N–H and O–H groups in total. The van der Waals surface area contributed by atoms with Crippen LogP contribution in [0.3, 0.4) is 0 Å². The topological polar surface area (TPSA) is 188 Å². The molecule has 3 fully saturated rings. The standard InChI is InChI=1S/C26H27FN6.C24H22F2N8O.C20H12F3N3/c27-21-5-3-19(4-6-21)25-26(20-9-13-28-14-10-20)33-23(29-25)7-8-24(30-33)32-17-11-22(12-18-32)31-15-1-2-16-31;1-14-5-6-17-20(19(14)26)30-18(29-17)12-27-22-21-23(32-24(31-22)33-7-9-35-10-8-33)34(13-28-21)16-4-2-3-15(25)11-16;21-14-6-4-12(5-7-14)18-19(13-8-10-24-11-9-13)26-20(25-18)17-15(22)2-1-3-16(17)23/h3-10,13-14,22H,1-2,11-12,15-18H2;2-6,11,13H,7-10,12H2,1H3,(H,29,30)(H,27,31,32);1-11H,(H,25,26). The Morgan fingerprint density at radius 3 is 1.95 bits per heavy atom. The average Bonchev–Trinajstić information content (AvgIpc) is 1.85. The minimum atomic E-state index is -0.717. The second kappa shape index (κ2) is 26.8. The fourth-order valence-electron chi connectivity index (χ4n) is 12.2. The minimum absolute atomic E-state index is 0.0618. The Balaban J connectivity index is 0.000000123. The monoisotopic (exact) mass is 1270 g/mol. The maximum absolute atomic E-state index is 14.5. The van der Waals surface area contributed by atoms with E-state index in [1.54, 1.807) is 97.2 Å². The van der Waals surface area contributed by atoms with Gasteiger partial charge in [0.2, 0.25) is 5.95 Å². The van der Waals surface area contributed by atoms with Gasteiger partial charge in [-0.05, 0) is 173 Å². The summed E-state index contributed by atoms with van der Waals surface area (Å²) < 4.78 is 92.7. The number of benzene rings is 5. The number of nitrogens with one attached hydrogen (secondary N) is 3. The molecule has 0 radical (unpaired) electrons. The van der Waals surface area contributed by atoms with E-state index in [9.17, 15) is 26.3 Å². The number of likely N-dealkylation sites (tertiary alicyclic amines) is 1. The van der Waals surface area contributed by atoms with Crippen molar-refractivity contribution in [2.75, 3.05) is 67.6 Å². The second-order valence-corrected chi connectivity index (χ2v) is 23.0. The van der Waals surface area contributed by atoms with Crippen LogP contribution < -0.4 is 15.1 Å². The smallest absolute Gasteiger partial charge is 0.229 e. The van der Waals surface area contributed by atoms with Gasteiger partial charge < -0.3 is 34.7 Å². The van der Waals surface area contributed by atoms with Crippen LogP contribution in [0.2, 0.25) is 0 Å². The molecule has 11 heterocycles. The fourth-order valence-corrected chi connectivity index (χ4v) is 12.2. The van der Waals surface area contributed by atoms with Crippen LogP contribution in [0.4, 0.5) is 43.9 Å². The van der Waals surface area contributed by atoms with Crippen LogP contribution in [0.1, 0.15) is 37.1 Å². The summed E-state index contributed by atoms with van der Waals surface area (Å²) in [7, 11) is 0. The number of aryl methyl sites for hydroxylation is 1. The highest BCUT2D eigenvalue weighted by Crippen LogP contribution is 2.37. The Kier molecular flexibility index (Phi) is 17.3. The van der Waals surface area contributed by atoms with E-state index in [-0.39, 0.29) is 41.2 Å². The molecule has 94 heavy (non-hydrogen) atoms. The summed E-state index contributed by atoms with van der Waals surface area (Å²) in [5.74, 6) is -0.134. The lowest BCUT2D eigenvalue weighted by molar-refractivity contribution is 0.122. The zero-order valence-electron chi connectivity index (χ0n) is 50.9. The highest BCUT2D eigenvalue weighted by Gasteiger charge is 2.29. The van der Waals surface area contributed by atoms with E-state index in [0.717, 1.165) is 52.6 Å². The number of H-pyrrole nitrogens is 2. The summed E-state index contributed by atoms with van der Waals surface area (Å²) in [6.45, 7) is 9.00. The van der Waals surface area contributed by atoms with Crippen molar-refractivity contribution >= 4 is 45.4 Å². The van der Waals surface area contributed by atoms with Crippen molar-refractivity contribution in [3.8, 4) is 62.1 Å². The number of aromatic nitrogens is 13. The highest BCUT2D eigenvalue weighted by molar-refractivity contribution is 5.86. The van der Waals surface area contributed by atoms with Crippen molar-refractivity contribution in [1.29, 1.82) is 0 Å². The van der Waals surface area contributed by atoms with Crippen molar-refractivity contribution in [2.45, 2.75) is 45.2 Å². The summed E-state index contributed by atoms with van der Waals surface area (Å²) in [4.78, 5) is 49.1. The molecule has 0 saturated carbocycles. The van der Waals surface area contributed by atoms with Crippen LogP contribution in [-0.4, -0.2) is 127 Å². The molecule has 0 atom stereocenters. The summed E-state index contributed by atoms with van der Waals surface area (Å²) in [6, 6.07) is 37.9. The third kappa shape index (κ3) is 12.8. The van der Waals surface area contributed by atoms with Gasteiger partial charge in [-0.3, -0.25) is 14.5 Å². The zero-order chi connectivity index (χ0) is 64.2. The van der Waals surface area contributed by atoms with E-state index in [1.807, 2.05) is 33.7 Å². The predicted octanol–water partition coefficient (Wildman–Crippen LogP) is 13.6. The van der Waals surface area contributed by atoms with Crippen LogP contribution >= 0.6 is 0 Å². The summed E-state index contributed by atoms with van der Waals surface area (Å²) in [5, 5.41) is 8.31. The molecule has 0 bridgehead atoms. The molecule has 5 aromatic carbocycles. The number of pyridine rings is 2. The molecular formula is C70H61F6N17O. The molecule has 24 heteroatoms. The Hall–Kier alpha value is -10.9. The molecule has 3 aliphatic rings. The first-order valence-electron chi connectivity index (χ1n) is 30.9. The van der Waals surface area contributed by atoms with E-state index in [1.165, 1.54) is 93.4 Å². The molecule has 0 amide bonds. The van der Waals surface area contributed by atoms with Crippen LogP contribution in [0.15, 0.2) is 171 Å². The second-order valence-electron chi connectivity index (χ2n) is 23.0. The predicted molar refractivity (Wildman–Crippen MR) is 348 cm³/mol. The molecule has 0 aliphatic carbocycles. The van der Waals surface area contributed by atoms with Gasteiger partial charge in [-0.15, -0.1) is 5.10 Å². The molecular weight excluding hydrogens is 1210 g/mol. The number of imidazole rings is 4. The lowest BCUT2D eigenvalue weighted by Gasteiger charge is -2.37. The van der Waals surface area contributed by atoms with Gasteiger partial charge in [0, 0.05) is 79.3 Å². The van der Waals surface area contributed by atoms with Crippen molar-refractivity contribution in [3.63, 3.8) is 0 Å². The summed E-state index contributed by atoms with van der Waals surface area (Å²) >= 11 is 0. The zero-order valence-corrected chi connectivity index (χ0v) is 50.9. The van der Waals surface area contributed by atoms with Crippen LogP contribution in [-0.2, 0) is 11.3 Å². The third-order valence-electron chi connectivity index (χ3n) is 17.0. The van der Waals surface area contributed by atoms with Gasteiger partial charge in [0.1, 0.15) is 64.1 Å². The van der Waals surface area contributed by atoms with Crippen molar-refractivity contribution in [3.05, 3.63) is 217 Å². The number of fused-ring (bicyclic) bond motifs is 3. The van der Waals surface area contributed by atoms with Crippen LogP contribution in [0, 0.1) is 41.8 Å². The Labute approximate surface area is 535 Å². The number of anilines is 3. The fraction of sp³-hybridized carbons (Fsp3) is 0.214. The van der Waals surface area contributed by atoms with Gasteiger partial charge in [-0.2, -0.15) is 9.97 Å². The number of hydrogen-bond acceptors (Lipinski definition) is 14. The van der Waals surface area contributed by atoms with Crippen molar-refractivity contribution in [1.82, 2.24) is 68.9 Å². The molecule has 0 spiro atoms. The van der Waals surface area contributed by atoms with Crippen LogP contribution in [0.25, 0.3) is 89.9 Å². The SMILES string of the molecule is Cc1ccc2[nH]c(CNc3nc(N4CCOCC4)nc4c3ncn4-c3cccc(F)c3)nc2c1F.Fc1ccc(-c2nc(-c3c(F)cccc3F)[nH]c2-c2ccncc2)cc1.Fc1ccc(-c2nc3ccc(N4CCC(N5CCCC5)CC4)nn3c2-c2ccncc2)cc1. The Bertz CT molecular complexity index is 4770. The lowest BCUT2D eigenvalue weighted by atomic mass is 10.0. The van der Waals surface area contributed by atoms with Crippen molar-refractivity contribution < 1.29 is 31.1 Å². The number of morpholine rings is 1. The van der Waals surface area contributed by atoms with Crippen LogP contribution in [0.5, 0.6) is 0 Å². The number of piperidine rings is 1. The molecule has 474 valence electrons. The number of hydrogen-bond donors (Lipinski definition) is 3. The Morgan fingerprint density at radius 2 is 1.26 bits per heavy atom. The number of aromatic amines is 2. The quantitative estimate of drug-likeness (QED) is 0.0980. The van der Waals surface area contributed by atoms with Crippen molar-refractivity contribution in [2.24, 2.45) is 0 Å². The molecule has 3 aliphatic heterocycles. The summed E-state index contributed by atoms with van der Waals surface area (Å²) in [6.07, 6.45) is 13.4. The number of rotatable bonds is 12. The number of nitrogens with zero attached hydrogens (tertiary/aromatic N) is 14. The van der Waals surface area contributed by atoms with Gasteiger partial charge >= 0.3 is 0 Å². The first kappa shape index (κ1) is 60.7. The first-order valence-corrected chi connectivity index (χ1v) is 30.9. The van der Waals surface area contributed by atoms with E-state index in [2.05, 4.69) is 56.1 Å². The third-order valence-corrected chi connectivity index (χ3v) is 17.0. The highest BCUT2D eigenvalue weighted by atomic mass is 19.1. The maximum atomic E-state index is 14.5. The van der Waals surface area contributed by atoms with Gasteiger partial charge in [0.15, 0.2) is 28.4 Å². The molecule has 0 unspecified atom stereocenters. The van der Waals surface area contributed by atoms with E-state index in [4.69, 9.17) is 24.8 Å². The number of halogens is 6. The minimum Gasteiger partial charge on any atom is -0.378 e. The number of ether oxygens (including phenoxy) is 1. The average molecular weight is 1270 g/mol. The summed E-state index contributed by atoms with van der Waals surface area (Å²) in [5.41, 5.74) is 9.62. The maximum Gasteiger partial charge on any atom is 0.229 e. The molecule has 8 aromatic heterocycles. The molecule has 16 rings (SSSR count). The van der Waals surface area contributed by atoms with Gasteiger partial charge in [-0.25, -0.2) is 50.8 Å². The van der Waals surface area contributed by atoms with Gasteiger partial charge in [0.25, 0.3) is 0 Å². The van der Waals surface area contributed by atoms with Gasteiger partial charge in [-0.1, -0.05) is 18.2 Å². The molecule has 18 nitrogen and oxygen atoms in total. The molecule has 13 aromatic rings. The van der Waals surface area contributed by atoms with E-state index < -0.39 is 11.6 Å². The van der Waals surface area contributed by atoms with Gasteiger partial charge in [0.05, 0.1) is 53.6 Å².